The average molecular weight is 390 g/mol. The maximum absolute atomic E-state index is 13.7. The van der Waals surface area contributed by atoms with Crippen LogP contribution in [0.1, 0.15) is 30.5 Å². The van der Waals surface area contributed by atoms with E-state index in [1.807, 2.05) is 4.57 Å². The molecule has 2 aliphatic rings. The van der Waals surface area contributed by atoms with Gasteiger partial charge in [-0.2, -0.15) is 4.31 Å². The third-order valence-corrected chi connectivity index (χ3v) is 6.96. The Bertz CT molecular complexity index is 1040. The Kier molecular flexibility index (Phi) is 4.68. The third kappa shape index (κ3) is 3.58. The van der Waals surface area contributed by atoms with Crippen LogP contribution in [0.4, 0.5) is 4.39 Å². The molecule has 144 valence electrons. The van der Waals surface area contributed by atoms with Gasteiger partial charge in [0, 0.05) is 37.3 Å². The first-order chi connectivity index (χ1) is 12.8. The highest BCUT2D eigenvalue weighted by molar-refractivity contribution is 7.88. The summed E-state index contributed by atoms with van der Waals surface area (Å²) in [6, 6.07) is 7.76. The Labute approximate surface area is 158 Å². The lowest BCUT2D eigenvalue weighted by atomic mass is 9.85. The Balaban J connectivity index is 1.85. The molecule has 1 aliphatic carbocycles. The molecule has 7 heteroatoms. The maximum atomic E-state index is 13.7. The molecule has 0 bridgehead atoms. The van der Waals surface area contributed by atoms with Gasteiger partial charge in [0.1, 0.15) is 5.82 Å². The second-order valence-electron chi connectivity index (χ2n) is 7.60. The number of pyridine rings is 1. The molecule has 0 atom stereocenters. The van der Waals surface area contributed by atoms with Crippen molar-refractivity contribution in [2.75, 3.05) is 12.8 Å². The SMILES string of the molecule is CS(=O)(=O)N1CCc2c(cc(-c3cccc(F)c3)c(=O)n2CC2CCC2)C1. The third-order valence-electron chi connectivity index (χ3n) is 5.71. The van der Waals surface area contributed by atoms with Gasteiger partial charge in [-0.25, -0.2) is 12.8 Å². The highest BCUT2D eigenvalue weighted by Gasteiger charge is 2.28. The first-order valence-electron chi connectivity index (χ1n) is 9.29. The molecule has 0 amide bonds. The lowest BCUT2D eigenvalue weighted by molar-refractivity contribution is 0.267. The van der Waals surface area contributed by atoms with Crippen LogP contribution in [0.5, 0.6) is 0 Å². The molecule has 1 aliphatic heterocycles. The molecule has 4 rings (SSSR count). The number of nitrogens with zero attached hydrogens (tertiary/aromatic N) is 2. The number of benzene rings is 1. The normalized spacial score (nSPS) is 18.1. The molecule has 1 aromatic carbocycles. The van der Waals surface area contributed by atoms with Gasteiger partial charge in [0.05, 0.1) is 6.26 Å². The van der Waals surface area contributed by atoms with Crippen molar-refractivity contribution in [3.05, 3.63) is 57.8 Å². The molecule has 0 N–H and O–H groups in total. The monoisotopic (exact) mass is 390 g/mol. The molecule has 1 aromatic heterocycles. The van der Waals surface area contributed by atoms with Gasteiger partial charge in [-0.15, -0.1) is 0 Å². The largest absolute Gasteiger partial charge is 0.311 e. The molecule has 0 spiro atoms. The van der Waals surface area contributed by atoms with Crippen LogP contribution in [0, 0.1) is 11.7 Å². The number of halogens is 1. The first-order valence-corrected chi connectivity index (χ1v) is 11.1. The van der Waals surface area contributed by atoms with Crippen molar-refractivity contribution in [2.45, 2.75) is 38.8 Å². The fourth-order valence-electron chi connectivity index (χ4n) is 3.97. The lowest BCUT2D eigenvalue weighted by Crippen LogP contribution is -2.40. The summed E-state index contributed by atoms with van der Waals surface area (Å²) >= 11 is 0. The summed E-state index contributed by atoms with van der Waals surface area (Å²) < 4.78 is 40.9. The van der Waals surface area contributed by atoms with Crippen molar-refractivity contribution < 1.29 is 12.8 Å². The van der Waals surface area contributed by atoms with Crippen molar-refractivity contribution >= 4 is 10.0 Å². The van der Waals surface area contributed by atoms with E-state index in [9.17, 15) is 17.6 Å². The zero-order valence-corrected chi connectivity index (χ0v) is 16.1. The zero-order valence-electron chi connectivity index (χ0n) is 15.3. The zero-order chi connectivity index (χ0) is 19.2. The second-order valence-corrected chi connectivity index (χ2v) is 9.58. The van der Waals surface area contributed by atoms with Crippen LogP contribution in [0.2, 0.25) is 0 Å². The quantitative estimate of drug-likeness (QED) is 0.807. The fourth-order valence-corrected chi connectivity index (χ4v) is 4.76. The van der Waals surface area contributed by atoms with E-state index in [1.165, 1.54) is 29.1 Å². The molecule has 0 radical (unpaired) electrons. The van der Waals surface area contributed by atoms with Crippen molar-refractivity contribution in [3.8, 4) is 11.1 Å². The van der Waals surface area contributed by atoms with Crippen molar-refractivity contribution in [1.29, 1.82) is 0 Å². The van der Waals surface area contributed by atoms with Crippen LogP contribution in [0.15, 0.2) is 35.1 Å². The summed E-state index contributed by atoms with van der Waals surface area (Å²) in [5, 5.41) is 0. The maximum Gasteiger partial charge on any atom is 0.258 e. The number of sulfonamides is 1. The number of aromatic nitrogens is 1. The molecule has 2 aromatic rings. The number of rotatable bonds is 4. The molecule has 0 unspecified atom stereocenters. The van der Waals surface area contributed by atoms with E-state index in [0.717, 1.165) is 24.1 Å². The van der Waals surface area contributed by atoms with E-state index in [4.69, 9.17) is 0 Å². The van der Waals surface area contributed by atoms with Gasteiger partial charge in [0.2, 0.25) is 10.0 Å². The van der Waals surface area contributed by atoms with Gasteiger partial charge < -0.3 is 4.57 Å². The van der Waals surface area contributed by atoms with E-state index in [0.29, 0.717) is 36.6 Å². The highest BCUT2D eigenvalue weighted by atomic mass is 32.2. The van der Waals surface area contributed by atoms with E-state index in [-0.39, 0.29) is 12.1 Å². The Morgan fingerprint density at radius 3 is 2.63 bits per heavy atom. The number of fused-ring (bicyclic) bond motifs is 1. The molecule has 2 heterocycles. The van der Waals surface area contributed by atoms with Crippen molar-refractivity contribution in [2.24, 2.45) is 5.92 Å². The summed E-state index contributed by atoms with van der Waals surface area (Å²) in [5.74, 6) is 0.0930. The smallest absolute Gasteiger partial charge is 0.258 e. The fraction of sp³-hybridized carbons (Fsp3) is 0.450. The van der Waals surface area contributed by atoms with Gasteiger partial charge in [-0.05, 0) is 48.1 Å². The highest BCUT2D eigenvalue weighted by Crippen LogP contribution is 2.30. The summed E-state index contributed by atoms with van der Waals surface area (Å²) in [6.45, 7) is 1.29. The van der Waals surface area contributed by atoms with Crippen LogP contribution >= 0.6 is 0 Å². The Morgan fingerprint density at radius 1 is 1.22 bits per heavy atom. The molecule has 0 saturated heterocycles. The van der Waals surface area contributed by atoms with E-state index in [2.05, 4.69) is 0 Å². The summed E-state index contributed by atoms with van der Waals surface area (Å²) in [6.07, 6.45) is 5.14. The van der Waals surface area contributed by atoms with Gasteiger partial charge in [0.15, 0.2) is 0 Å². The van der Waals surface area contributed by atoms with Crippen LogP contribution in [-0.4, -0.2) is 30.1 Å². The standard InChI is InChI=1S/C20H23FN2O3S/c1-27(25,26)22-9-8-19-16(13-22)11-18(15-6-3-7-17(21)10-15)20(24)23(19)12-14-4-2-5-14/h3,6-7,10-11,14H,2,4-5,8-9,12-13H2,1H3. The second kappa shape index (κ2) is 6.87. The van der Waals surface area contributed by atoms with Crippen LogP contribution in [0.3, 0.4) is 0 Å². The van der Waals surface area contributed by atoms with Gasteiger partial charge in [-0.3, -0.25) is 4.79 Å². The van der Waals surface area contributed by atoms with Crippen molar-refractivity contribution in [1.82, 2.24) is 8.87 Å². The van der Waals surface area contributed by atoms with Gasteiger partial charge in [0.25, 0.3) is 5.56 Å². The van der Waals surface area contributed by atoms with E-state index < -0.39 is 15.8 Å². The first kappa shape index (κ1) is 18.4. The minimum absolute atomic E-state index is 0.112. The van der Waals surface area contributed by atoms with Gasteiger partial charge >= 0.3 is 0 Å². The van der Waals surface area contributed by atoms with Crippen LogP contribution < -0.4 is 5.56 Å². The lowest BCUT2D eigenvalue weighted by Gasteiger charge is -2.32. The average Bonchev–Trinajstić information content (AvgIpc) is 2.57. The Morgan fingerprint density at radius 2 is 2.00 bits per heavy atom. The van der Waals surface area contributed by atoms with E-state index in [1.54, 1.807) is 18.2 Å². The molecule has 1 saturated carbocycles. The predicted molar refractivity (Wildman–Crippen MR) is 102 cm³/mol. The number of hydrogen-bond acceptors (Lipinski definition) is 3. The Hall–Kier alpha value is -1.99. The van der Waals surface area contributed by atoms with Gasteiger partial charge in [-0.1, -0.05) is 18.6 Å². The number of hydrogen-bond donors (Lipinski definition) is 0. The van der Waals surface area contributed by atoms with Crippen LogP contribution in [-0.2, 0) is 29.5 Å². The summed E-state index contributed by atoms with van der Waals surface area (Å²) in [4.78, 5) is 13.2. The summed E-state index contributed by atoms with van der Waals surface area (Å²) in [5.41, 5.74) is 2.61. The molecule has 5 nitrogen and oxygen atoms in total. The minimum atomic E-state index is -3.31. The van der Waals surface area contributed by atoms with Crippen molar-refractivity contribution in [3.63, 3.8) is 0 Å². The summed E-state index contributed by atoms with van der Waals surface area (Å²) in [7, 11) is -3.31. The van der Waals surface area contributed by atoms with E-state index >= 15 is 0 Å². The molecular formula is C20H23FN2O3S. The minimum Gasteiger partial charge on any atom is -0.311 e. The van der Waals surface area contributed by atoms with Crippen LogP contribution in [0.25, 0.3) is 11.1 Å². The topological polar surface area (TPSA) is 59.4 Å². The molecule has 1 fully saturated rings. The molecular weight excluding hydrogens is 367 g/mol. The predicted octanol–water partition coefficient (Wildman–Crippen LogP) is 2.77. The molecule has 27 heavy (non-hydrogen) atoms.